The van der Waals surface area contributed by atoms with Gasteiger partial charge in [-0.1, -0.05) is 11.6 Å². The van der Waals surface area contributed by atoms with Crippen molar-refractivity contribution < 1.29 is 4.39 Å². The summed E-state index contributed by atoms with van der Waals surface area (Å²) in [6.07, 6.45) is 3.49. The Hall–Kier alpha value is -1.13. The molecule has 0 aliphatic rings. The third-order valence-corrected chi connectivity index (χ3v) is 2.90. The van der Waals surface area contributed by atoms with E-state index in [0.29, 0.717) is 6.54 Å². The first-order chi connectivity index (χ1) is 8.15. The lowest BCUT2D eigenvalue weighted by Gasteiger charge is -2.07. The zero-order valence-electron chi connectivity index (χ0n) is 8.75. The highest BCUT2D eigenvalue weighted by Gasteiger charge is 2.01. The lowest BCUT2D eigenvalue weighted by Crippen LogP contribution is -2.00. The second-order valence-corrected chi connectivity index (χ2v) is 4.82. The largest absolute Gasteiger partial charge is 0.381 e. The van der Waals surface area contributed by atoms with Gasteiger partial charge in [0.1, 0.15) is 5.82 Å². The summed E-state index contributed by atoms with van der Waals surface area (Å²) < 4.78 is 13.9. The van der Waals surface area contributed by atoms with Crippen LogP contribution >= 0.6 is 27.5 Å². The molecule has 0 aliphatic heterocycles. The molecule has 0 spiro atoms. The van der Waals surface area contributed by atoms with Crippen LogP contribution in [0.15, 0.2) is 41.1 Å². The second kappa shape index (κ2) is 5.47. The molecule has 1 N–H and O–H groups in total. The Morgan fingerprint density at radius 2 is 2.12 bits per heavy atom. The van der Waals surface area contributed by atoms with Crippen LogP contribution in [0.5, 0.6) is 0 Å². The number of pyridine rings is 1. The lowest BCUT2D eigenvalue weighted by atomic mass is 10.2. The molecular weight excluding hydrogens is 307 g/mol. The molecule has 0 bridgehead atoms. The van der Waals surface area contributed by atoms with Gasteiger partial charge in [0.15, 0.2) is 0 Å². The van der Waals surface area contributed by atoms with E-state index in [2.05, 4.69) is 26.2 Å². The minimum atomic E-state index is -0.415. The topological polar surface area (TPSA) is 24.9 Å². The summed E-state index contributed by atoms with van der Waals surface area (Å²) in [5.74, 6) is -0.415. The molecule has 2 rings (SSSR count). The zero-order chi connectivity index (χ0) is 12.3. The van der Waals surface area contributed by atoms with Crippen LogP contribution in [0.2, 0.25) is 5.02 Å². The van der Waals surface area contributed by atoms with E-state index in [1.807, 2.05) is 6.07 Å². The van der Waals surface area contributed by atoms with Crippen LogP contribution in [0.25, 0.3) is 0 Å². The number of nitrogens with zero attached hydrogens (tertiary/aromatic N) is 1. The first-order valence-electron chi connectivity index (χ1n) is 4.93. The van der Waals surface area contributed by atoms with Crippen LogP contribution in [0, 0.1) is 5.82 Å². The fraction of sp³-hybridized carbons (Fsp3) is 0.0833. The van der Waals surface area contributed by atoms with Crippen molar-refractivity contribution in [3.05, 3.63) is 57.5 Å². The summed E-state index contributed by atoms with van der Waals surface area (Å²) in [5.41, 5.74) is 1.80. The molecular formula is C12H9BrClFN2. The molecule has 88 valence electrons. The predicted octanol–water partition coefficient (Wildman–Crippen LogP) is 4.25. The number of hydrogen-bond donors (Lipinski definition) is 1. The maximum Gasteiger partial charge on any atom is 0.141 e. The molecule has 0 unspecified atom stereocenters. The van der Waals surface area contributed by atoms with E-state index < -0.39 is 5.82 Å². The number of aromatic nitrogens is 1. The van der Waals surface area contributed by atoms with Gasteiger partial charge in [0.25, 0.3) is 0 Å². The van der Waals surface area contributed by atoms with Gasteiger partial charge in [-0.3, -0.25) is 4.98 Å². The van der Waals surface area contributed by atoms with E-state index >= 15 is 0 Å². The van der Waals surface area contributed by atoms with E-state index in [4.69, 9.17) is 11.6 Å². The fourth-order valence-corrected chi connectivity index (χ4v) is 1.96. The van der Waals surface area contributed by atoms with E-state index in [1.165, 1.54) is 6.07 Å². The van der Waals surface area contributed by atoms with Crippen LogP contribution in [-0.2, 0) is 6.54 Å². The van der Waals surface area contributed by atoms with Crippen molar-refractivity contribution >= 4 is 33.2 Å². The highest BCUT2D eigenvalue weighted by Crippen LogP contribution is 2.20. The molecule has 1 aromatic heterocycles. The third-order valence-electron chi connectivity index (χ3n) is 2.18. The normalized spacial score (nSPS) is 10.3. The first-order valence-corrected chi connectivity index (χ1v) is 6.10. The van der Waals surface area contributed by atoms with Gasteiger partial charge in [0.05, 0.1) is 5.02 Å². The smallest absolute Gasteiger partial charge is 0.141 e. The molecule has 5 heteroatoms. The molecule has 0 fully saturated rings. The molecule has 2 nitrogen and oxygen atoms in total. The third kappa shape index (κ3) is 3.41. The van der Waals surface area contributed by atoms with Gasteiger partial charge >= 0.3 is 0 Å². The van der Waals surface area contributed by atoms with E-state index in [9.17, 15) is 4.39 Å². The van der Waals surface area contributed by atoms with Gasteiger partial charge in [-0.05, 0) is 45.8 Å². The molecule has 1 heterocycles. The minimum Gasteiger partial charge on any atom is -0.381 e. The Morgan fingerprint density at radius 1 is 1.29 bits per heavy atom. The molecule has 0 saturated heterocycles. The Balaban J connectivity index is 2.05. The molecule has 0 radical (unpaired) electrons. The average Bonchev–Trinajstić information content (AvgIpc) is 2.31. The van der Waals surface area contributed by atoms with Gasteiger partial charge in [-0.2, -0.15) is 0 Å². The van der Waals surface area contributed by atoms with E-state index in [-0.39, 0.29) is 5.02 Å². The maximum absolute atomic E-state index is 12.9. The van der Waals surface area contributed by atoms with Gasteiger partial charge in [-0.25, -0.2) is 4.39 Å². The van der Waals surface area contributed by atoms with Crippen molar-refractivity contribution in [2.45, 2.75) is 6.54 Å². The number of rotatable bonds is 3. The van der Waals surface area contributed by atoms with Crippen molar-refractivity contribution in [3.8, 4) is 0 Å². The highest BCUT2D eigenvalue weighted by atomic mass is 79.9. The van der Waals surface area contributed by atoms with Crippen LogP contribution in [0.1, 0.15) is 5.56 Å². The predicted molar refractivity (Wildman–Crippen MR) is 70.7 cm³/mol. The average molecular weight is 316 g/mol. The quantitative estimate of drug-likeness (QED) is 0.916. The Bertz CT molecular complexity index is 534. The summed E-state index contributed by atoms with van der Waals surface area (Å²) >= 11 is 9.03. The van der Waals surface area contributed by atoms with Crippen molar-refractivity contribution in [2.24, 2.45) is 0 Å². The van der Waals surface area contributed by atoms with Gasteiger partial charge in [0.2, 0.25) is 0 Å². The summed E-state index contributed by atoms with van der Waals surface area (Å²) in [4.78, 5) is 4.06. The number of halogens is 3. The Labute approximate surface area is 112 Å². The van der Waals surface area contributed by atoms with Crippen molar-refractivity contribution in [1.82, 2.24) is 4.98 Å². The molecule has 0 atom stereocenters. The van der Waals surface area contributed by atoms with E-state index in [0.717, 1.165) is 15.7 Å². The van der Waals surface area contributed by atoms with Crippen molar-refractivity contribution in [2.75, 3.05) is 5.32 Å². The highest BCUT2D eigenvalue weighted by molar-refractivity contribution is 9.10. The Morgan fingerprint density at radius 3 is 2.82 bits per heavy atom. The SMILES string of the molecule is Fc1ccc(NCc2cncc(Br)c2)cc1Cl. The monoisotopic (exact) mass is 314 g/mol. The molecule has 1 aromatic carbocycles. The van der Waals surface area contributed by atoms with Crippen LogP contribution in [0.3, 0.4) is 0 Å². The van der Waals surface area contributed by atoms with Gasteiger partial charge in [0, 0.05) is 29.1 Å². The first kappa shape index (κ1) is 12.3. The lowest BCUT2D eigenvalue weighted by molar-refractivity contribution is 0.628. The van der Waals surface area contributed by atoms with Crippen LogP contribution in [0.4, 0.5) is 10.1 Å². The van der Waals surface area contributed by atoms with Crippen molar-refractivity contribution in [1.29, 1.82) is 0 Å². The van der Waals surface area contributed by atoms with Crippen molar-refractivity contribution in [3.63, 3.8) is 0 Å². The molecule has 0 aliphatic carbocycles. The van der Waals surface area contributed by atoms with Gasteiger partial charge < -0.3 is 5.32 Å². The van der Waals surface area contributed by atoms with E-state index in [1.54, 1.807) is 24.5 Å². The number of anilines is 1. The molecule has 2 aromatic rings. The number of hydrogen-bond acceptors (Lipinski definition) is 2. The minimum absolute atomic E-state index is 0.113. The summed E-state index contributed by atoms with van der Waals surface area (Å²) in [5, 5.41) is 3.26. The summed E-state index contributed by atoms with van der Waals surface area (Å²) in [6.45, 7) is 0.606. The zero-order valence-corrected chi connectivity index (χ0v) is 11.1. The summed E-state index contributed by atoms with van der Waals surface area (Å²) in [7, 11) is 0. The second-order valence-electron chi connectivity index (χ2n) is 3.49. The number of nitrogens with one attached hydrogen (secondary N) is 1. The van der Waals surface area contributed by atoms with Crippen LogP contribution < -0.4 is 5.32 Å². The standard InChI is InChI=1S/C12H9BrClFN2/c13-9-3-8(5-16-7-9)6-17-10-1-2-12(15)11(14)4-10/h1-5,7,17H,6H2. The molecule has 17 heavy (non-hydrogen) atoms. The summed E-state index contributed by atoms with van der Waals surface area (Å²) in [6, 6.07) is 6.50. The fourth-order valence-electron chi connectivity index (χ4n) is 1.36. The molecule has 0 saturated carbocycles. The Kier molecular flexibility index (Phi) is 3.97. The maximum atomic E-state index is 12.9. The molecule has 0 amide bonds. The van der Waals surface area contributed by atoms with Crippen LogP contribution in [-0.4, -0.2) is 4.98 Å². The van der Waals surface area contributed by atoms with Gasteiger partial charge in [-0.15, -0.1) is 0 Å². The number of benzene rings is 1.